The van der Waals surface area contributed by atoms with Gasteiger partial charge in [0.1, 0.15) is 0 Å². The summed E-state index contributed by atoms with van der Waals surface area (Å²) in [6.45, 7) is 8.41. The fourth-order valence-electron chi connectivity index (χ4n) is 2.21. The number of rotatable bonds is 10. The smallest absolute Gasteiger partial charge is 0.150 e. The molecule has 0 bridgehead atoms. The molecule has 0 N–H and O–H groups in total. The predicted molar refractivity (Wildman–Crippen MR) is 76.0 cm³/mol. The summed E-state index contributed by atoms with van der Waals surface area (Å²) < 4.78 is 24.0. The molecule has 0 saturated carbocycles. The number of sulfone groups is 1. The normalized spacial score (nSPS) is 15.8. The van der Waals surface area contributed by atoms with E-state index >= 15 is 0 Å². The van der Waals surface area contributed by atoms with Crippen molar-refractivity contribution >= 4 is 9.84 Å². The highest BCUT2D eigenvalue weighted by Gasteiger charge is 2.18. The monoisotopic (exact) mass is 262 g/mol. The molecular formula is C14H30O2S. The Kier molecular flexibility index (Phi) is 8.93. The molecular weight excluding hydrogens is 232 g/mol. The van der Waals surface area contributed by atoms with Crippen LogP contribution < -0.4 is 0 Å². The van der Waals surface area contributed by atoms with Gasteiger partial charge in [-0.15, -0.1) is 0 Å². The van der Waals surface area contributed by atoms with Crippen LogP contribution in [0.2, 0.25) is 0 Å². The van der Waals surface area contributed by atoms with Crippen LogP contribution in [0.25, 0.3) is 0 Å². The summed E-state index contributed by atoms with van der Waals surface area (Å²) in [5, 5.41) is 0. The van der Waals surface area contributed by atoms with Crippen LogP contribution in [0.15, 0.2) is 0 Å². The molecule has 0 aliphatic heterocycles. The predicted octanol–water partition coefficient (Wildman–Crippen LogP) is 4.05. The van der Waals surface area contributed by atoms with E-state index in [0.29, 0.717) is 23.3 Å². The molecule has 0 saturated heterocycles. The van der Waals surface area contributed by atoms with Gasteiger partial charge >= 0.3 is 0 Å². The Morgan fingerprint density at radius 2 is 1.18 bits per heavy atom. The third-order valence-corrected chi connectivity index (χ3v) is 5.33. The van der Waals surface area contributed by atoms with Gasteiger partial charge in [-0.05, 0) is 24.7 Å². The first-order valence-electron chi connectivity index (χ1n) is 7.11. The molecule has 2 atom stereocenters. The molecule has 0 aliphatic rings. The largest absolute Gasteiger partial charge is 0.229 e. The van der Waals surface area contributed by atoms with Crippen molar-refractivity contribution in [3.8, 4) is 0 Å². The van der Waals surface area contributed by atoms with Gasteiger partial charge in [0.25, 0.3) is 0 Å². The van der Waals surface area contributed by atoms with Crippen molar-refractivity contribution in [2.24, 2.45) is 11.8 Å². The fourth-order valence-corrected chi connectivity index (χ4v) is 4.41. The SMILES string of the molecule is CCCCC(C)CS(=O)(=O)CC(C)CCCC. The fraction of sp³-hybridized carbons (Fsp3) is 1.00. The van der Waals surface area contributed by atoms with E-state index < -0.39 is 9.84 Å². The third kappa shape index (κ3) is 9.63. The van der Waals surface area contributed by atoms with Crippen LogP contribution in [-0.4, -0.2) is 19.9 Å². The number of hydrogen-bond donors (Lipinski definition) is 0. The second-order valence-corrected chi connectivity index (χ2v) is 7.73. The zero-order valence-corrected chi connectivity index (χ0v) is 12.9. The Hall–Kier alpha value is -0.0500. The van der Waals surface area contributed by atoms with Crippen molar-refractivity contribution < 1.29 is 8.42 Å². The molecule has 0 aromatic carbocycles. The Bertz CT molecular complexity index is 248. The standard InChI is InChI=1S/C14H30O2S/c1-5-7-9-13(3)11-17(15,16)12-14(4)10-8-6-2/h13-14H,5-12H2,1-4H3. The molecule has 104 valence electrons. The van der Waals surface area contributed by atoms with E-state index in [2.05, 4.69) is 27.7 Å². The zero-order chi connectivity index (χ0) is 13.3. The Morgan fingerprint density at radius 1 is 0.824 bits per heavy atom. The van der Waals surface area contributed by atoms with E-state index in [1.165, 1.54) is 0 Å². The van der Waals surface area contributed by atoms with Gasteiger partial charge in [-0.1, -0.05) is 53.4 Å². The lowest BCUT2D eigenvalue weighted by atomic mass is 10.1. The zero-order valence-electron chi connectivity index (χ0n) is 12.0. The summed E-state index contributed by atoms with van der Waals surface area (Å²) >= 11 is 0. The lowest BCUT2D eigenvalue weighted by molar-refractivity contribution is 0.509. The minimum Gasteiger partial charge on any atom is -0.229 e. The highest BCUT2D eigenvalue weighted by molar-refractivity contribution is 7.91. The Labute approximate surface area is 108 Å². The molecule has 3 heteroatoms. The van der Waals surface area contributed by atoms with Gasteiger partial charge in [-0.25, -0.2) is 8.42 Å². The van der Waals surface area contributed by atoms with Gasteiger partial charge in [-0.2, -0.15) is 0 Å². The lowest BCUT2D eigenvalue weighted by Gasteiger charge is -2.15. The van der Waals surface area contributed by atoms with Gasteiger partial charge in [0.2, 0.25) is 0 Å². The molecule has 0 aliphatic carbocycles. The first kappa shape index (κ1) is 16.9. The maximum atomic E-state index is 12.0. The molecule has 0 aromatic heterocycles. The van der Waals surface area contributed by atoms with Crippen molar-refractivity contribution in [2.45, 2.75) is 66.2 Å². The first-order valence-corrected chi connectivity index (χ1v) is 8.93. The maximum absolute atomic E-state index is 12.0. The van der Waals surface area contributed by atoms with Crippen molar-refractivity contribution in [3.05, 3.63) is 0 Å². The summed E-state index contributed by atoms with van der Waals surface area (Å²) in [7, 11) is -2.84. The maximum Gasteiger partial charge on any atom is 0.150 e. The van der Waals surface area contributed by atoms with Crippen LogP contribution in [-0.2, 0) is 9.84 Å². The van der Waals surface area contributed by atoms with Crippen molar-refractivity contribution in [2.75, 3.05) is 11.5 Å². The van der Waals surface area contributed by atoms with E-state index in [1.54, 1.807) is 0 Å². The molecule has 0 rings (SSSR count). The number of unbranched alkanes of at least 4 members (excludes halogenated alkanes) is 2. The first-order chi connectivity index (χ1) is 7.91. The van der Waals surface area contributed by atoms with Crippen LogP contribution in [0.5, 0.6) is 0 Å². The van der Waals surface area contributed by atoms with Crippen LogP contribution >= 0.6 is 0 Å². The topological polar surface area (TPSA) is 34.1 Å². The van der Waals surface area contributed by atoms with Crippen LogP contribution in [0.3, 0.4) is 0 Å². The Morgan fingerprint density at radius 3 is 1.47 bits per heavy atom. The van der Waals surface area contributed by atoms with Gasteiger partial charge in [-0.3, -0.25) is 0 Å². The summed E-state index contributed by atoms with van der Waals surface area (Å²) in [5.41, 5.74) is 0. The van der Waals surface area contributed by atoms with Gasteiger partial charge < -0.3 is 0 Å². The van der Waals surface area contributed by atoms with E-state index in [1.807, 2.05) is 0 Å². The molecule has 2 unspecified atom stereocenters. The summed E-state index contributed by atoms with van der Waals surface area (Å²) in [5.74, 6) is 1.39. The average Bonchev–Trinajstić information content (AvgIpc) is 2.22. The molecule has 0 amide bonds. The van der Waals surface area contributed by atoms with Crippen molar-refractivity contribution in [3.63, 3.8) is 0 Å². The van der Waals surface area contributed by atoms with Crippen LogP contribution in [0, 0.1) is 11.8 Å². The molecule has 0 aromatic rings. The summed E-state index contributed by atoms with van der Waals surface area (Å²) in [6.07, 6.45) is 6.66. The molecule has 0 fully saturated rings. The van der Waals surface area contributed by atoms with Crippen LogP contribution in [0.4, 0.5) is 0 Å². The summed E-state index contributed by atoms with van der Waals surface area (Å²) in [4.78, 5) is 0. The molecule has 2 nitrogen and oxygen atoms in total. The molecule has 17 heavy (non-hydrogen) atoms. The average molecular weight is 262 g/mol. The van der Waals surface area contributed by atoms with E-state index in [9.17, 15) is 8.42 Å². The second kappa shape index (κ2) is 8.96. The van der Waals surface area contributed by atoms with Crippen molar-refractivity contribution in [1.82, 2.24) is 0 Å². The number of hydrogen-bond acceptors (Lipinski definition) is 2. The van der Waals surface area contributed by atoms with Gasteiger partial charge in [0.05, 0.1) is 11.5 Å². The van der Waals surface area contributed by atoms with Gasteiger partial charge in [0.15, 0.2) is 9.84 Å². The quantitative estimate of drug-likeness (QED) is 0.595. The van der Waals surface area contributed by atoms with Gasteiger partial charge in [0, 0.05) is 0 Å². The molecule has 0 heterocycles. The lowest BCUT2D eigenvalue weighted by Crippen LogP contribution is -2.21. The highest BCUT2D eigenvalue weighted by Crippen LogP contribution is 2.15. The highest BCUT2D eigenvalue weighted by atomic mass is 32.2. The molecule has 0 radical (unpaired) electrons. The van der Waals surface area contributed by atoms with Crippen molar-refractivity contribution in [1.29, 1.82) is 0 Å². The van der Waals surface area contributed by atoms with E-state index in [-0.39, 0.29) is 0 Å². The van der Waals surface area contributed by atoms with E-state index in [0.717, 1.165) is 38.5 Å². The molecule has 0 spiro atoms. The third-order valence-electron chi connectivity index (χ3n) is 3.18. The Balaban J connectivity index is 4.01. The summed E-state index contributed by atoms with van der Waals surface area (Å²) in [6, 6.07) is 0. The van der Waals surface area contributed by atoms with Crippen LogP contribution in [0.1, 0.15) is 66.2 Å². The minimum atomic E-state index is -2.84. The second-order valence-electron chi connectivity index (χ2n) is 5.57. The minimum absolute atomic E-state index is 0.318. The van der Waals surface area contributed by atoms with E-state index in [4.69, 9.17) is 0 Å².